The minimum atomic E-state index is 0.727. The van der Waals surface area contributed by atoms with Gasteiger partial charge in [0, 0.05) is 5.57 Å². The van der Waals surface area contributed by atoms with E-state index in [1.807, 2.05) is 5.94 Å². The zero-order valence-electron chi connectivity index (χ0n) is 4.48. The van der Waals surface area contributed by atoms with E-state index < -0.39 is 0 Å². The van der Waals surface area contributed by atoms with E-state index in [1.54, 1.807) is 0 Å². The lowest BCUT2D eigenvalue weighted by atomic mass is 9.94. The molecule has 1 spiro atoms. The normalized spacial score (nSPS) is 62.2. The third kappa shape index (κ3) is 0.143. The second-order valence-corrected chi connectivity index (χ2v) is 3.30. The Balaban J connectivity index is 2.21. The van der Waals surface area contributed by atoms with E-state index in [-0.39, 0.29) is 0 Å². The number of hydrogen-bond acceptors (Lipinski definition) is 1. The Morgan fingerprint density at radius 3 is 2.38 bits per heavy atom. The molecule has 0 bridgehead atoms. The summed E-state index contributed by atoms with van der Waals surface area (Å²) in [6.45, 7) is 0. The van der Waals surface area contributed by atoms with Crippen LogP contribution in [0.3, 0.4) is 0 Å². The van der Waals surface area contributed by atoms with E-state index in [2.05, 4.69) is 0 Å². The monoisotopic (exact) mass is 106 g/mol. The molecular weight excluding hydrogens is 100 g/mol. The van der Waals surface area contributed by atoms with Crippen molar-refractivity contribution in [2.24, 2.45) is 17.3 Å². The summed E-state index contributed by atoms with van der Waals surface area (Å²) in [5.41, 5.74) is 1.84. The summed E-state index contributed by atoms with van der Waals surface area (Å²) in [5.74, 6) is 3.50. The maximum absolute atomic E-state index is 10.1. The molecule has 0 aromatic heterocycles. The van der Waals surface area contributed by atoms with Crippen LogP contribution in [0.5, 0.6) is 0 Å². The van der Waals surface area contributed by atoms with E-state index in [0.29, 0.717) is 0 Å². The van der Waals surface area contributed by atoms with Crippen molar-refractivity contribution in [3.63, 3.8) is 0 Å². The lowest BCUT2D eigenvalue weighted by molar-refractivity contribution is 0.545. The standard InChI is InChI=1S/C7H6O/c8-3-4-5-1-7(5)2-6(4)7/h5-6H,1-2H2. The highest BCUT2D eigenvalue weighted by Gasteiger charge is 2.82. The zero-order valence-corrected chi connectivity index (χ0v) is 4.48. The summed E-state index contributed by atoms with van der Waals surface area (Å²) in [6, 6.07) is 0. The van der Waals surface area contributed by atoms with Gasteiger partial charge in [0.1, 0.15) is 5.94 Å². The molecule has 0 N–H and O–H groups in total. The Hall–Kier alpha value is -0.550. The Morgan fingerprint density at radius 2 is 2.12 bits per heavy atom. The molecule has 8 heavy (non-hydrogen) atoms. The van der Waals surface area contributed by atoms with Gasteiger partial charge in [0.2, 0.25) is 0 Å². The van der Waals surface area contributed by atoms with Crippen molar-refractivity contribution in [1.82, 2.24) is 0 Å². The van der Waals surface area contributed by atoms with Gasteiger partial charge in [0.05, 0.1) is 0 Å². The molecule has 0 aromatic rings. The number of carbonyl (C=O) groups excluding carboxylic acids is 1. The maximum Gasteiger partial charge on any atom is 0.124 e. The van der Waals surface area contributed by atoms with Crippen LogP contribution in [0.15, 0.2) is 5.57 Å². The third-order valence-corrected chi connectivity index (χ3v) is 3.10. The van der Waals surface area contributed by atoms with Crippen LogP contribution in [0, 0.1) is 17.3 Å². The van der Waals surface area contributed by atoms with Crippen molar-refractivity contribution in [3.05, 3.63) is 5.57 Å². The number of rotatable bonds is 0. The molecule has 0 aromatic carbocycles. The van der Waals surface area contributed by atoms with Crippen LogP contribution in [-0.2, 0) is 4.79 Å². The molecule has 0 aliphatic heterocycles. The second kappa shape index (κ2) is 0.629. The topological polar surface area (TPSA) is 17.1 Å². The van der Waals surface area contributed by atoms with Gasteiger partial charge in [-0.15, -0.1) is 0 Å². The molecule has 1 nitrogen and oxygen atoms in total. The predicted molar refractivity (Wildman–Crippen MR) is 27.9 cm³/mol. The third-order valence-electron chi connectivity index (χ3n) is 3.10. The molecule has 3 aliphatic carbocycles. The van der Waals surface area contributed by atoms with Crippen molar-refractivity contribution in [2.45, 2.75) is 12.8 Å². The van der Waals surface area contributed by atoms with Crippen LogP contribution in [0.1, 0.15) is 12.8 Å². The second-order valence-electron chi connectivity index (χ2n) is 3.30. The molecule has 0 amide bonds. The smallest absolute Gasteiger partial charge is 0.124 e. The van der Waals surface area contributed by atoms with Crippen molar-refractivity contribution in [3.8, 4) is 0 Å². The zero-order chi connectivity index (χ0) is 5.35. The molecule has 0 saturated heterocycles. The van der Waals surface area contributed by atoms with Gasteiger partial charge in [0.25, 0.3) is 0 Å². The van der Waals surface area contributed by atoms with Crippen LogP contribution in [-0.4, -0.2) is 5.94 Å². The fourth-order valence-corrected chi connectivity index (χ4v) is 2.38. The molecule has 2 unspecified atom stereocenters. The highest BCUT2D eigenvalue weighted by molar-refractivity contribution is 5.67. The fraction of sp³-hybridized carbons (Fsp3) is 0.714. The highest BCUT2D eigenvalue weighted by Crippen LogP contribution is 2.88. The molecule has 3 saturated carbocycles. The average molecular weight is 106 g/mol. The van der Waals surface area contributed by atoms with Crippen molar-refractivity contribution < 1.29 is 4.79 Å². The minimum Gasteiger partial charge on any atom is -0.234 e. The first-order chi connectivity index (χ1) is 3.88. The lowest BCUT2D eigenvalue weighted by Crippen LogP contribution is -2.05. The number of allylic oxidation sites excluding steroid dienone is 1. The van der Waals surface area contributed by atoms with Crippen LogP contribution >= 0.6 is 0 Å². The average Bonchev–Trinajstić information content (AvgIpc) is 2.60. The van der Waals surface area contributed by atoms with Gasteiger partial charge in [-0.3, -0.25) is 0 Å². The van der Waals surface area contributed by atoms with Crippen LogP contribution < -0.4 is 0 Å². The van der Waals surface area contributed by atoms with Crippen LogP contribution in [0.4, 0.5) is 0 Å². The molecule has 3 aliphatic rings. The summed E-state index contributed by atoms with van der Waals surface area (Å²) in [6.07, 6.45) is 2.64. The Labute approximate surface area is 47.4 Å². The van der Waals surface area contributed by atoms with E-state index in [1.165, 1.54) is 12.8 Å². The van der Waals surface area contributed by atoms with Crippen molar-refractivity contribution in [1.29, 1.82) is 0 Å². The number of hydrogen-bond donors (Lipinski definition) is 0. The first-order valence-electron chi connectivity index (χ1n) is 3.13. The van der Waals surface area contributed by atoms with Gasteiger partial charge in [-0.2, -0.15) is 0 Å². The maximum atomic E-state index is 10.1. The predicted octanol–water partition coefficient (Wildman–Crippen LogP) is 0.784. The molecular formula is C7H6O. The quantitative estimate of drug-likeness (QED) is 0.417. The SMILES string of the molecule is O=C=C1C2CC23CC13. The lowest BCUT2D eigenvalue weighted by Gasteiger charge is -2.07. The Morgan fingerprint density at radius 1 is 1.50 bits per heavy atom. The van der Waals surface area contributed by atoms with Crippen molar-refractivity contribution in [2.75, 3.05) is 0 Å². The summed E-state index contributed by atoms with van der Waals surface area (Å²) in [5, 5.41) is 0. The van der Waals surface area contributed by atoms with Gasteiger partial charge >= 0.3 is 0 Å². The Bertz CT molecular complexity index is 205. The Kier molecular flexibility index (Phi) is 0.273. The van der Waals surface area contributed by atoms with Gasteiger partial charge in [-0.05, 0) is 30.1 Å². The van der Waals surface area contributed by atoms with Crippen LogP contribution in [0.25, 0.3) is 0 Å². The van der Waals surface area contributed by atoms with Gasteiger partial charge in [-0.1, -0.05) is 0 Å². The molecule has 40 valence electrons. The summed E-state index contributed by atoms with van der Waals surface area (Å²) in [4.78, 5) is 10.1. The molecule has 0 radical (unpaired) electrons. The van der Waals surface area contributed by atoms with Crippen LogP contribution in [0.2, 0.25) is 0 Å². The van der Waals surface area contributed by atoms with Gasteiger partial charge < -0.3 is 0 Å². The summed E-state index contributed by atoms with van der Waals surface area (Å²) >= 11 is 0. The van der Waals surface area contributed by atoms with E-state index >= 15 is 0 Å². The minimum absolute atomic E-state index is 0.727. The van der Waals surface area contributed by atoms with E-state index in [9.17, 15) is 4.79 Å². The van der Waals surface area contributed by atoms with E-state index in [4.69, 9.17) is 0 Å². The first-order valence-corrected chi connectivity index (χ1v) is 3.13. The fourth-order valence-electron chi connectivity index (χ4n) is 2.38. The highest BCUT2D eigenvalue weighted by atomic mass is 16.1. The first kappa shape index (κ1) is 3.47. The van der Waals surface area contributed by atoms with E-state index in [0.717, 1.165) is 22.8 Å². The summed E-state index contributed by atoms with van der Waals surface area (Å²) in [7, 11) is 0. The molecule has 3 rings (SSSR count). The molecule has 2 atom stereocenters. The molecule has 0 heterocycles. The van der Waals surface area contributed by atoms with Crippen molar-refractivity contribution >= 4 is 5.94 Å². The van der Waals surface area contributed by atoms with Gasteiger partial charge in [-0.25, -0.2) is 4.79 Å². The largest absolute Gasteiger partial charge is 0.234 e. The molecule has 1 heteroatoms. The van der Waals surface area contributed by atoms with Gasteiger partial charge in [0.15, 0.2) is 0 Å². The molecule has 3 fully saturated rings. The summed E-state index contributed by atoms with van der Waals surface area (Å²) < 4.78 is 0.